The molecule has 0 saturated carbocycles. The molecular weight excluding hydrogens is 448 g/mol. The van der Waals surface area contributed by atoms with E-state index in [0.29, 0.717) is 21.9 Å². The first kappa shape index (κ1) is 21.7. The van der Waals surface area contributed by atoms with Gasteiger partial charge in [-0.25, -0.2) is 18.8 Å². The first-order valence-corrected chi connectivity index (χ1v) is 11.9. The zero-order valence-electron chi connectivity index (χ0n) is 17.1. The number of rotatable bonds is 6. The molecule has 0 aliphatic carbocycles. The standard InChI is InChI=1S/C23H19ClN4O3S/c1-32(30,31)19-10-7-17(8-11-19)23-26-20-13-18(24)9-12-21(20)28(23)15-22(29)27-25-14-16-5-3-2-4-6-16/h2-14H,15H2,1H3,(H,27,29)/b25-14+. The van der Waals surface area contributed by atoms with Gasteiger partial charge in [0.25, 0.3) is 5.91 Å². The normalized spacial score (nSPS) is 11.8. The maximum Gasteiger partial charge on any atom is 0.260 e. The number of fused-ring (bicyclic) bond motifs is 1. The number of halogens is 1. The van der Waals surface area contributed by atoms with Crippen molar-refractivity contribution in [2.75, 3.05) is 6.26 Å². The van der Waals surface area contributed by atoms with Crippen LogP contribution in [0.2, 0.25) is 5.02 Å². The van der Waals surface area contributed by atoms with Gasteiger partial charge in [-0.3, -0.25) is 4.79 Å². The highest BCUT2D eigenvalue weighted by Crippen LogP contribution is 2.27. The van der Waals surface area contributed by atoms with Crippen LogP contribution in [0.4, 0.5) is 0 Å². The number of nitrogens with one attached hydrogen (secondary N) is 1. The maximum atomic E-state index is 12.6. The molecule has 9 heteroatoms. The molecule has 0 bridgehead atoms. The van der Waals surface area contributed by atoms with E-state index >= 15 is 0 Å². The number of carbonyl (C=O) groups is 1. The van der Waals surface area contributed by atoms with Crippen molar-refractivity contribution < 1.29 is 13.2 Å². The van der Waals surface area contributed by atoms with E-state index < -0.39 is 9.84 Å². The third-order valence-corrected chi connectivity index (χ3v) is 6.12. The second-order valence-electron chi connectivity index (χ2n) is 7.15. The monoisotopic (exact) mass is 466 g/mol. The molecule has 0 spiro atoms. The highest BCUT2D eigenvalue weighted by atomic mass is 35.5. The fourth-order valence-corrected chi connectivity index (χ4v) is 4.03. The number of carbonyl (C=O) groups excluding carboxylic acids is 1. The smallest absolute Gasteiger partial charge is 0.260 e. The Labute approximate surface area is 190 Å². The van der Waals surface area contributed by atoms with Crippen LogP contribution >= 0.6 is 11.6 Å². The number of hydrogen-bond acceptors (Lipinski definition) is 5. The van der Waals surface area contributed by atoms with Gasteiger partial charge in [0.2, 0.25) is 0 Å². The van der Waals surface area contributed by atoms with Gasteiger partial charge < -0.3 is 4.57 Å². The Kier molecular flexibility index (Phi) is 6.07. The number of imidazole rings is 1. The Bertz CT molecular complexity index is 1410. The van der Waals surface area contributed by atoms with Crippen LogP contribution in [0.3, 0.4) is 0 Å². The molecule has 1 amide bonds. The van der Waals surface area contributed by atoms with Gasteiger partial charge in [-0.05, 0) is 48.0 Å². The SMILES string of the molecule is CS(=O)(=O)c1ccc(-c2nc3cc(Cl)ccc3n2CC(=O)N/N=C/c2ccccc2)cc1. The second-order valence-corrected chi connectivity index (χ2v) is 9.61. The van der Waals surface area contributed by atoms with E-state index in [1.54, 1.807) is 41.1 Å². The molecule has 4 rings (SSSR count). The van der Waals surface area contributed by atoms with Crippen molar-refractivity contribution in [3.05, 3.63) is 83.4 Å². The molecule has 0 aliphatic rings. The average Bonchev–Trinajstić information content (AvgIpc) is 3.11. The van der Waals surface area contributed by atoms with Crippen LogP contribution in [0, 0.1) is 0 Å². The first-order chi connectivity index (χ1) is 15.3. The summed E-state index contributed by atoms with van der Waals surface area (Å²) in [5.74, 6) is 0.185. The highest BCUT2D eigenvalue weighted by molar-refractivity contribution is 7.90. The van der Waals surface area contributed by atoms with Crippen molar-refractivity contribution in [1.29, 1.82) is 0 Å². The Balaban J connectivity index is 1.65. The fourth-order valence-electron chi connectivity index (χ4n) is 3.23. The molecule has 4 aromatic rings. The second kappa shape index (κ2) is 8.94. The quantitative estimate of drug-likeness (QED) is 0.344. The molecule has 0 unspecified atom stereocenters. The minimum Gasteiger partial charge on any atom is -0.314 e. The van der Waals surface area contributed by atoms with E-state index in [1.807, 2.05) is 30.3 Å². The van der Waals surface area contributed by atoms with E-state index in [4.69, 9.17) is 11.6 Å². The number of benzene rings is 3. The summed E-state index contributed by atoms with van der Waals surface area (Å²) in [4.78, 5) is 17.4. The topological polar surface area (TPSA) is 93.4 Å². The van der Waals surface area contributed by atoms with Gasteiger partial charge in [0, 0.05) is 16.8 Å². The van der Waals surface area contributed by atoms with Crippen LogP contribution in [0.1, 0.15) is 5.56 Å². The van der Waals surface area contributed by atoms with E-state index in [2.05, 4.69) is 15.5 Å². The van der Waals surface area contributed by atoms with Crippen molar-refractivity contribution in [3.63, 3.8) is 0 Å². The van der Waals surface area contributed by atoms with Gasteiger partial charge in [0.1, 0.15) is 12.4 Å². The lowest BCUT2D eigenvalue weighted by molar-refractivity contribution is -0.121. The molecule has 0 atom stereocenters. The van der Waals surface area contributed by atoms with Gasteiger partial charge in [-0.1, -0.05) is 41.9 Å². The van der Waals surface area contributed by atoms with Crippen molar-refractivity contribution in [1.82, 2.24) is 15.0 Å². The largest absolute Gasteiger partial charge is 0.314 e. The van der Waals surface area contributed by atoms with Crippen molar-refractivity contribution in [3.8, 4) is 11.4 Å². The number of hydrazone groups is 1. The van der Waals surface area contributed by atoms with Crippen LogP contribution in [-0.4, -0.2) is 36.3 Å². The average molecular weight is 467 g/mol. The summed E-state index contributed by atoms with van der Waals surface area (Å²) in [5.41, 5.74) is 5.41. The Morgan fingerprint density at radius 2 is 1.81 bits per heavy atom. The molecule has 1 aromatic heterocycles. The molecule has 7 nitrogen and oxygen atoms in total. The zero-order valence-corrected chi connectivity index (χ0v) is 18.6. The number of hydrogen-bond donors (Lipinski definition) is 1. The van der Waals surface area contributed by atoms with Gasteiger partial charge in [0.05, 0.1) is 22.1 Å². The summed E-state index contributed by atoms with van der Waals surface area (Å²) < 4.78 is 25.3. The molecular formula is C23H19ClN4O3S. The molecule has 0 fully saturated rings. The number of sulfone groups is 1. The number of aromatic nitrogens is 2. The lowest BCUT2D eigenvalue weighted by Gasteiger charge is -2.09. The Morgan fingerprint density at radius 1 is 1.09 bits per heavy atom. The molecule has 1 N–H and O–H groups in total. The van der Waals surface area contributed by atoms with E-state index in [-0.39, 0.29) is 17.3 Å². The zero-order chi connectivity index (χ0) is 22.7. The van der Waals surface area contributed by atoms with Crippen LogP contribution in [0.5, 0.6) is 0 Å². The third kappa shape index (κ3) is 4.87. The summed E-state index contributed by atoms with van der Waals surface area (Å²) in [6.45, 7) is -0.0343. The van der Waals surface area contributed by atoms with Crippen LogP contribution in [0.25, 0.3) is 22.4 Å². The van der Waals surface area contributed by atoms with E-state index in [1.165, 1.54) is 12.1 Å². The van der Waals surface area contributed by atoms with Crippen molar-refractivity contribution in [2.24, 2.45) is 5.10 Å². The Hall–Kier alpha value is -3.49. The summed E-state index contributed by atoms with van der Waals surface area (Å²) >= 11 is 6.12. The lowest BCUT2D eigenvalue weighted by atomic mass is 10.2. The van der Waals surface area contributed by atoms with Crippen molar-refractivity contribution in [2.45, 2.75) is 11.4 Å². The highest BCUT2D eigenvalue weighted by Gasteiger charge is 2.16. The predicted molar refractivity (Wildman–Crippen MR) is 125 cm³/mol. The lowest BCUT2D eigenvalue weighted by Crippen LogP contribution is -2.23. The first-order valence-electron chi connectivity index (χ1n) is 9.64. The molecule has 32 heavy (non-hydrogen) atoms. The van der Waals surface area contributed by atoms with E-state index in [0.717, 1.165) is 17.3 Å². The van der Waals surface area contributed by atoms with Gasteiger partial charge in [-0.15, -0.1) is 0 Å². The molecule has 1 heterocycles. The fraction of sp³-hybridized carbons (Fsp3) is 0.0870. The molecule has 0 saturated heterocycles. The third-order valence-electron chi connectivity index (χ3n) is 4.76. The summed E-state index contributed by atoms with van der Waals surface area (Å²) in [7, 11) is -3.32. The predicted octanol–water partition coefficient (Wildman–Crippen LogP) is 3.91. The van der Waals surface area contributed by atoms with Crippen molar-refractivity contribution >= 4 is 44.6 Å². The molecule has 0 aliphatic heterocycles. The van der Waals surface area contributed by atoms with Gasteiger partial charge >= 0.3 is 0 Å². The van der Waals surface area contributed by atoms with Gasteiger partial charge in [-0.2, -0.15) is 5.10 Å². The van der Waals surface area contributed by atoms with E-state index in [9.17, 15) is 13.2 Å². The summed E-state index contributed by atoms with van der Waals surface area (Å²) in [5, 5.41) is 4.54. The minimum absolute atomic E-state index is 0.0343. The van der Waals surface area contributed by atoms with Crippen LogP contribution in [0.15, 0.2) is 82.8 Å². The Morgan fingerprint density at radius 3 is 2.50 bits per heavy atom. The number of nitrogens with zero attached hydrogens (tertiary/aromatic N) is 3. The van der Waals surface area contributed by atoms with Crippen LogP contribution in [-0.2, 0) is 21.2 Å². The number of amides is 1. The summed E-state index contributed by atoms with van der Waals surface area (Å²) in [6, 6.07) is 21.0. The molecule has 3 aromatic carbocycles. The van der Waals surface area contributed by atoms with Crippen LogP contribution < -0.4 is 5.43 Å². The maximum absolute atomic E-state index is 12.6. The summed E-state index contributed by atoms with van der Waals surface area (Å²) in [6.07, 6.45) is 2.72. The van der Waals surface area contributed by atoms with Gasteiger partial charge in [0.15, 0.2) is 9.84 Å². The molecule has 162 valence electrons. The minimum atomic E-state index is -3.32. The molecule has 0 radical (unpaired) electrons.